The summed E-state index contributed by atoms with van der Waals surface area (Å²) in [4.78, 5) is 21.9. The molecule has 11 heteroatoms. The predicted octanol–water partition coefficient (Wildman–Crippen LogP) is 0.962. The van der Waals surface area contributed by atoms with Crippen LogP contribution in [0.15, 0.2) is 33.3 Å². The fraction of sp³-hybridized carbons (Fsp3) is 0.100. The summed E-state index contributed by atoms with van der Waals surface area (Å²) in [6.07, 6.45) is 0. The predicted molar refractivity (Wildman–Crippen MR) is 72.0 cm³/mol. The number of halogens is 1. The number of aromatic nitrogens is 1. The number of hydrogen-bond donors (Lipinski definition) is 2. The Bertz CT molecular complexity index is 842. The molecule has 0 saturated carbocycles. The maximum atomic E-state index is 13.4. The lowest BCUT2D eigenvalue weighted by molar-refractivity contribution is -0.390. The van der Waals surface area contributed by atoms with Crippen molar-refractivity contribution < 1.29 is 17.7 Å². The highest BCUT2D eigenvalue weighted by Crippen LogP contribution is 2.26. The van der Waals surface area contributed by atoms with E-state index in [0.29, 0.717) is 5.69 Å². The monoisotopic (exact) mass is 333 g/mol. The van der Waals surface area contributed by atoms with E-state index in [1.54, 1.807) is 0 Å². The third-order valence-corrected chi connectivity index (χ3v) is 4.60. The highest BCUT2D eigenvalue weighted by Gasteiger charge is 2.29. The van der Waals surface area contributed by atoms with Crippen LogP contribution in [0, 0.1) is 15.9 Å². The molecule has 2 rings (SSSR count). The molecule has 0 saturated heterocycles. The Hall–Kier alpha value is -2.11. The van der Waals surface area contributed by atoms with E-state index in [1.165, 1.54) is 5.38 Å². The van der Waals surface area contributed by atoms with Gasteiger partial charge in [0.25, 0.3) is 0 Å². The number of nitro benzene ring substituents is 1. The third kappa shape index (κ3) is 3.32. The number of nitrogens with one attached hydrogen (secondary N) is 2. The summed E-state index contributed by atoms with van der Waals surface area (Å²) in [5.74, 6) is -1.24. The maximum absolute atomic E-state index is 13.4. The number of thiazole rings is 1. The Morgan fingerprint density at radius 3 is 2.71 bits per heavy atom. The van der Waals surface area contributed by atoms with Crippen LogP contribution in [-0.4, -0.2) is 18.3 Å². The van der Waals surface area contributed by atoms with E-state index >= 15 is 0 Å². The van der Waals surface area contributed by atoms with E-state index in [4.69, 9.17) is 0 Å². The van der Waals surface area contributed by atoms with Gasteiger partial charge in [-0.3, -0.25) is 14.9 Å². The van der Waals surface area contributed by atoms with Gasteiger partial charge in [0.1, 0.15) is 0 Å². The van der Waals surface area contributed by atoms with Crippen LogP contribution < -0.4 is 9.60 Å². The molecule has 0 aliphatic rings. The summed E-state index contributed by atoms with van der Waals surface area (Å²) >= 11 is 0.847. The molecule has 1 heterocycles. The minimum absolute atomic E-state index is 0.269. The van der Waals surface area contributed by atoms with Crippen molar-refractivity contribution in [2.45, 2.75) is 11.4 Å². The molecule has 2 N–H and O–H groups in total. The molecule has 0 aliphatic carbocycles. The maximum Gasteiger partial charge on any atom is 0.324 e. The van der Waals surface area contributed by atoms with Crippen molar-refractivity contribution in [2.75, 3.05) is 0 Å². The number of nitrogens with zero attached hydrogens (tertiary/aromatic N) is 1. The van der Waals surface area contributed by atoms with Crippen LogP contribution in [0.1, 0.15) is 5.69 Å². The first-order valence-electron chi connectivity index (χ1n) is 5.40. The molecular formula is C10H8FN3O5S2. The molecule has 0 atom stereocenters. The van der Waals surface area contributed by atoms with Gasteiger partial charge in [0, 0.05) is 11.1 Å². The van der Waals surface area contributed by atoms with Gasteiger partial charge in [-0.05, 0) is 12.1 Å². The van der Waals surface area contributed by atoms with Gasteiger partial charge < -0.3 is 4.98 Å². The van der Waals surface area contributed by atoms with Crippen molar-refractivity contribution in [1.29, 1.82) is 0 Å². The smallest absolute Gasteiger partial charge is 0.315 e. The van der Waals surface area contributed by atoms with Crippen molar-refractivity contribution >= 4 is 27.0 Å². The summed E-state index contributed by atoms with van der Waals surface area (Å²) in [6, 6.07) is 2.79. The van der Waals surface area contributed by atoms with E-state index in [0.717, 1.165) is 29.5 Å². The van der Waals surface area contributed by atoms with Crippen molar-refractivity contribution in [2.24, 2.45) is 0 Å². The summed E-state index contributed by atoms with van der Waals surface area (Å²) in [5.41, 5.74) is -0.823. The van der Waals surface area contributed by atoms with Crippen LogP contribution in [-0.2, 0) is 16.6 Å². The van der Waals surface area contributed by atoms with E-state index in [1.807, 2.05) is 0 Å². The third-order valence-electron chi connectivity index (χ3n) is 2.45. The zero-order valence-corrected chi connectivity index (χ0v) is 11.8. The number of nitro groups is 1. The lowest BCUT2D eigenvalue weighted by atomic mass is 10.3. The molecule has 0 radical (unpaired) electrons. The molecule has 112 valence electrons. The Labute approximate surface area is 121 Å². The van der Waals surface area contributed by atoms with Crippen LogP contribution in [0.5, 0.6) is 0 Å². The van der Waals surface area contributed by atoms with Crippen LogP contribution in [0.2, 0.25) is 0 Å². The molecule has 0 aliphatic heterocycles. The minimum Gasteiger partial charge on any atom is -0.315 e. The fourth-order valence-corrected chi connectivity index (χ4v) is 3.31. The first-order chi connectivity index (χ1) is 9.81. The molecular weight excluding hydrogens is 325 g/mol. The van der Waals surface area contributed by atoms with Gasteiger partial charge in [0.05, 0.1) is 11.5 Å². The molecule has 8 nitrogen and oxygen atoms in total. The van der Waals surface area contributed by atoms with Crippen molar-refractivity contribution in [3.8, 4) is 0 Å². The number of para-hydroxylation sites is 1. The van der Waals surface area contributed by atoms with Crippen molar-refractivity contribution in [1.82, 2.24) is 9.71 Å². The van der Waals surface area contributed by atoms with Gasteiger partial charge in [-0.25, -0.2) is 13.1 Å². The molecule has 21 heavy (non-hydrogen) atoms. The van der Waals surface area contributed by atoms with Gasteiger partial charge >= 0.3 is 10.6 Å². The van der Waals surface area contributed by atoms with E-state index in [9.17, 15) is 27.7 Å². The number of sulfonamides is 1. The molecule has 0 fully saturated rings. The van der Waals surface area contributed by atoms with Gasteiger partial charge in [-0.2, -0.15) is 4.39 Å². The van der Waals surface area contributed by atoms with Gasteiger partial charge in [-0.15, -0.1) is 0 Å². The molecule has 0 bridgehead atoms. The first kappa shape index (κ1) is 15.3. The van der Waals surface area contributed by atoms with Crippen molar-refractivity contribution in [3.05, 3.63) is 54.9 Å². The number of rotatable bonds is 5. The number of H-pyrrole nitrogens is 1. The lowest BCUT2D eigenvalue weighted by Crippen LogP contribution is -2.24. The van der Waals surface area contributed by atoms with E-state index < -0.39 is 31.3 Å². The quantitative estimate of drug-likeness (QED) is 0.623. The second kappa shape index (κ2) is 5.71. The molecule has 2 aromatic rings. The molecule has 1 aromatic heterocycles. The zero-order chi connectivity index (χ0) is 15.6. The van der Waals surface area contributed by atoms with Crippen LogP contribution in [0.4, 0.5) is 10.1 Å². The summed E-state index contributed by atoms with van der Waals surface area (Å²) in [5, 5.41) is 12.2. The fourth-order valence-electron chi connectivity index (χ4n) is 1.54. The number of benzene rings is 1. The highest BCUT2D eigenvalue weighted by atomic mass is 32.2. The summed E-state index contributed by atoms with van der Waals surface area (Å²) in [6.45, 7) is -0.269. The second-order valence-electron chi connectivity index (χ2n) is 3.84. The minimum atomic E-state index is -4.30. The van der Waals surface area contributed by atoms with Crippen molar-refractivity contribution in [3.63, 3.8) is 0 Å². The second-order valence-corrected chi connectivity index (χ2v) is 6.42. The Kier molecular flexibility index (Phi) is 4.16. The Morgan fingerprint density at radius 2 is 2.14 bits per heavy atom. The highest BCUT2D eigenvalue weighted by molar-refractivity contribution is 7.89. The number of aromatic amines is 1. The summed E-state index contributed by atoms with van der Waals surface area (Å²) < 4.78 is 39.5. The van der Waals surface area contributed by atoms with Gasteiger partial charge in [0.15, 0.2) is 4.90 Å². The van der Waals surface area contributed by atoms with Crippen LogP contribution in [0.25, 0.3) is 0 Å². The molecule has 0 amide bonds. The standard InChI is InChI=1S/C10H8FN3O5S2/c11-7-2-1-3-8(9(7)14(16)17)21(18,19)12-4-6-5-20-10(15)13-6/h1-3,5,12H,4H2,(H,13,15). The van der Waals surface area contributed by atoms with E-state index in [-0.39, 0.29) is 11.4 Å². The normalized spacial score (nSPS) is 11.5. The Balaban J connectivity index is 2.34. The van der Waals surface area contributed by atoms with Crippen LogP contribution >= 0.6 is 11.3 Å². The van der Waals surface area contributed by atoms with Gasteiger partial charge in [-0.1, -0.05) is 17.4 Å². The number of hydrogen-bond acceptors (Lipinski definition) is 6. The first-order valence-corrected chi connectivity index (χ1v) is 7.77. The lowest BCUT2D eigenvalue weighted by Gasteiger charge is -2.06. The largest absolute Gasteiger partial charge is 0.324 e. The molecule has 1 aromatic carbocycles. The van der Waals surface area contributed by atoms with Gasteiger partial charge in [0.2, 0.25) is 15.8 Å². The SMILES string of the molecule is O=c1[nH]c(CNS(=O)(=O)c2cccc(F)c2[N+](=O)[O-])cs1. The average molecular weight is 333 g/mol. The van der Waals surface area contributed by atoms with E-state index in [2.05, 4.69) is 9.71 Å². The summed E-state index contributed by atoms with van der Waals surface area (Å²) in [7, 11) is -4.30. The Morgan fingerprint density at radius 1 is 1.43 bits per heavy atom. The molecule has 0 unspecified atom stereocenters. The molecule has 0 spiro atoms. The average Bonchev–Trinajstić information content (AvgIpc) is 2.82. The topological polar surface area (TPSA) is 122 Å². The van der Waals surface area contributed by atoms with Crippen LogP contribution in [0.3, 0.4) is 0 Å². The zero-order valence-electron chi connectivity index (χ0n) is 10.2.